The average molecular weight is 538 g/mol. The molecule has 0 aliphatic rings. The van der Waals surface area contributed by atoms with Gasteiger partial charge in [-0.2, -0.15) is 5.10 Å². The van der Waals surface area contributed by atoms with Gasteiger partial charge in [-0.3, -0.25) is 9.59 Å². The maximum atomic E-state index is 12.6. The predicted molar refractivity (Wildman–Crippen MR) is 144 cm³/mol. The summed E-state index contributed by atoms with van der Waals surface area (Å²) >= 11 is 5.98. The Morgan fingerprint density at radius 2 is 1.76 bits per heavy atom. The van der Waals surface area contributed by atoms with Crippen LogP contribution < -0.4 is 25.0 Å². The highest BCUT2D eigenvalue weighted by molar-refractivity contribution is 6.33. The lowest BCUT2D eigenvalue weighted by atomic mass is 10.2. The number of hydrogen-bond donors (Lipinski definition) is 2. The number of amides is 2. The zero-order valence-electron chi connectivity index (χ0n) is 21.0. The number of hydrazone groups is 1. The molecule has 0 radical (unpaired) electrons. The first-order valence-electron chi connectivity index (χ1n) is 11.9. The van der Waals surface area contributed by atoms with E-state index < -0.39 is 17.8 Å². The molecule has 38 heavy (non-hydrogen) atoms. The lowest BCUT2D eigenvalue weighted by Gasteiger charge is -2.10. The zero-order valence-corrected chi connectivity index (χ0v) is 21.8. The van der Waals surface area contributed by atoms with Crippen LogP contribution in [0.3, 0.4) is 0 Å². The topological polar surface area (TPSA) is 115 Å². The van der Waals surface area contributed by atoms with Crippen LogP contribution in [0.4, 0.5) is 0 Å². The van der Waals surface area contributed by atoms with E-state index in [9.17, 15) is 14.4 Å². The Morgan fingerprint density at radius 3 is 2.47 bits per heavy atom. The lowest BCUT2D eigenvalue weighted by molar-refractivity contribution is -0.120. The molecule has 2 N–H and O–H groups in total. The lowest BCUT2D eigenvalue weighted by Crippen LogP contribution is -2.35. The third-order valence-electron chi connectivity index (χ3n) is 5.18. The second kappa shape index (κ2) is 14.4. The van der Waals surface area contributed by atoms with Crippen LogP contribution in [-0.2, 0) is 4.79 Å². The van der Waals surface area contributed by atoms with E-state index in [0.717, 1.165) is 12.8 Å². The Labute approximate surface area is 225 Å². The van der Waals surface area contributed by atoms with Crippen molar-refractivity contribution in [1.82, 2.24) is 10.7 Å². The summed E-state index contributed by atoms with van der Waals surface area (Å²) in [6.07, 6.45) is 3.38. The van der Waals surface area contributed by atoms with Gasteiger partial charge in [0.25, 0.3) is 11.8 Å². The molecule has 0 aliphatic heterocycles. The van der Waals surface area contributed by atoms with Gasteiger partial charge in [0.2, 0.25) is 0 Å². The molecule has 9 nitrogen and oxygen atoms in total. The number of methoxy groups -OCH3 is 1. The summed E-state index contributed by atoms with van der Waals surface area (Å²) < 4.78 is 16.4. The summed E-state index contributed by atoms with van der Waals surface area (Å²) in [6.45, 7) is 2.42. The molecule has 0 saturated heterocycles. The van der Waals surface area contributed by atoms with E-state index in [1.54, 1.807) is 66.7 Å². The fourth-order valence-corrected chi connectivity index (χ4v) is 3.37. The molecule has 3 aromatic carbocycles. The summed E-state index contributed by atoms with van der Waals surface area (Å²) in [5.41, 5.74) is 3.54. The summed E-state index contributed by atoms with van der Waals surface area (Å²) in [5.74, 6) is -0.326. The van der Waals surface area contributed by atoms with Crippen molar-refractivity contribution in [3.8, 4) is 17.2 Å². The average Bonchev–Trinajstić information content (AvgIpc) is 2.93. The van der Waals surface area contributed by atoms with Gasteiger partial charge in [-0.1, -0.05) is 37.1 Å². The van der Waals surface area contributed by atoms with Crippen LogP contribution in [0.5, 0.6) is 17.2 Å². The maximum absolute atomic E-state index is 12.6. The van der Waals surface area contributed by atoms with E-state index in [1.165, 1.54) is 13.3 Å². The largest absolute Gasteiger partial charge is 0.494 e. The van der Waals surface area contributed by atoms with E-state index >= 15 is 0 Å². The van der Waals surface area contributed by atoms with Crippen molar-refractivity contribution in [2.45, 2.75) is 19.8 Å². The minimum absolute atomic E-state index is 0.226. The Kier molecular flexibility index (Phi) is 10.7. The van der Waals surface area contributed by atoms with Crippen molar-refractivity contribution in [2.75, 3.05) is 20.3 Å². The summed E-state index contributed by atoms with van der Waals surface area (Å²) in [6, 6.07) is 18.0. The zero-order chi connectivity index (χ0) is 27.3. The molecule has 198 valence electrons. The molecular weight excluding hydrogens is 510 g/mol. The van der Waals surface area contributed by atoms with Gasteiger partial charge in [-0.25, -0.2) is 10.2 Å². The molecular formula is C28H28ClN3O6. The number of nitrogens with one attached hydrogen (secondary N) is 2. The van der Waals surface area contributed by atoms with Gasteiger partial charge in [-0.15, -0.1) is 0 Å². The number of rotatable bonds is 12. The molecule has 0 aromatic heterocycles. The number of carbonyl (C=O) groups excluding carboxylic acids is 3. The molecule has 0 unspecified atom stereocenters. The molecule has 0 fully saturated rings. The molecule has 0 bridgehead atoms. The first-order chi connectivity index (χ1) is 18.4. The van der Waals surface area contributed by atoms with Crippen molar-refractivity contribution in [1.29, 1.82) is 0 Å². The third-order valence-corrected chi connectivity index (χ3v) is 5.51. The minimum atomic E-state index is -0.545. The van der Waals surface area contributed by atoms with E-state index in [2.05, 4.69) is 22.8 Å². The molecule has 0 saturated carbocycles. The van der Waals surface area contributed by atoms with Crippen LogP contribution >= 0.6 is 11.6 Å². The van der Waals surface area contributed by atoms with Crippen molar-refractivity contribution < 1.29 is 28.6 Å². The van der Waals surface area contributed by atoms with Gasteiger partial charge in [0.15, 0.2) is 11.5 Å². The fraction of sp³-hybridized carbons (Fsp3) is 0.214. The minimum Gasteiger partial charge on any atom is -0.494 e. The quantitative estimate of drug-likeness (QED) is 0.114. The van der Waals surface area contributed by atoms with E-state index in [4.69, 9.17) is 25.8 Å². The normalized spacial score (nSPS) is 10.6. The highest BCUT2D eigenvalue weighted by Gasteiger charge is 2.14. The fourth-order valence-electron chi connectivity index (χ4n) is 3.15. The summed E-state index contributed by atoms with van der Waals surface area (Å²) in [5, 5.41) is 6.65. The predicted octanol–water partition coefficient (Wildman–Crippen LogP) is 4.63. The van der Waals surface area contributed by atoms with Crippen LogP contribution in [-0.4, -0.2) is 44.3 Å². The summed E-state index contributed by atoms with van der Waals surface area (Å²) in [4.78, 5) is 36.7. The van der Waals surface area contributed by atoms with Gasteiger partial charge < -0.3 is 19.5 Å². The molecule has 3 aromatic rings. The smallest absolute Gasteiger partial charge is 0.343 e. The standard InChI is InChI=1S/C28H28ClN3O6/c1-3-4-15-37-21-12-10-20(11-13-21)28(35)38-24-14-9-19(16-25(24)36-2)17-31-32-26(33)18-30-27(34)22-7-5-6-8-23(22)29/h5-14,16-17H,3-4,15,18H2,1-2H3,(H,30,34)(H,32,33). The number of nitrogens with zero attached hydrogens (tertiary/aromatic N) is 1. The summed E-state index contributed by atoms with van der Waals surface area (Å²) in [7, 11) is 1.44. The van der Waals surface area contributed by atoms with Crippen LogP contribution in [0.25, 0.3) is 0 Å². The van der Waals surface area contributed by atoms with Crippen LogP contribution in [0, 0.1) is 0 Å². The molecule has 0 spiro atoms. The second-order valence-corrected chi connectivity index (χ2v) is 8.39. The van der Waals surface area contributed by atoms with Crippen molar-refractivity contribution in [2.24, 2.45) is 5.10 Å². The Balaban J connectivity index is 1.52. The van der Waals surface area contributed by atoms with Gasteiger partial charge in [-0.05, 0) is 66.6 Å². The first-order valence-corrected chi connectivity index (χ1v) is 12.3. The number of unbranched alkanes of at least 4 members (excludes halogenated alkanes) is 1. The van der Waals surface area contributed by atoms with Gasteiger partial charge in [0.05, 0.1) is 42.6 Å². The monoisotopic (exact) mass is 537 g/mol. The molecule has 0 aliphatic carbocycles. The SMILES string of the molecule is CCCCOc1ccc(C(=O)Oc2ccc(C=NNC(=O)CNC(=O)c3ccccc3Cl)cc2OC)cc1. The van der Waals surface area contributed by atoms with Gasteiger partial charge in [0.1, 0.15) is 5.75 Å². The number of halogens is 1. The van der Waals surface area contributed by atoms with Gasteiger partial charge >= 0.3 is 5.97 Å². The number of carbonyl (C=O) groups is 3. The van der Waals surface area contributed by atoms with Crippen LogP contribution in [0.15, 0.2) is 71.8 Å². The Hall–Kier alpha value is -4.37. The maximum Gasteiger partial charge on any atom is 0.343 e. The number of hydrogen-bond acceptors (Lipinski definition) is 7. The number of esters is 1. The highest BCUT2D eigenvalue weighted by Crippen LogP contribution is 2.28. The van der Waals surface area contributed by atoms with Crippen molar-refractivity contribution in [3.05, 3.63) is 88.4 Å². The Bertz CT molecular complexity index is 1290. The van der Waals surface area contributed by atoms with Gasteiger partial charge in [0, 0.05) is 0 Å². The Morgan fingerprint density at radius 1 is 1.00 bits per heavy atom. The third kappa shape index (κ3) is 8.35. The molecule has 2 amide bonds. The highest BCUT2D eigenvalue weighted by atomic mass is 35.5. The van der Waals surface area contributed by atoms with Crippen LogP contribution in [0.2, 0.25) is 5.02 Å². The molecule has 0 heterocycles. The first kappa shape index (κ1) is 28.2. The molecule has 3 rings (SSSR count). The van der Waals surface area contributed by atoms with E-state index in [1.807, 2.05) is 0 Å². The van der Waals surface area contributed by atoms with Crippen molar-refractivity contribution >= 4 is 35.6 Å². The van der Waals surface area contributed by atoms with E-state index in [-0.39, 0.29) is 22.9 Å². The number of benzene rings is 3. The van der Waals surface area contributed by atoms with Crippen LogP contribution in [0.1, 0.15) is 46.0 Å². The second-order valence-electron chi connectivity index (χ2n) is 7.98. The molecule has 0 atom stereocenters. The van der Waals surface area contributed by atoms with E-state index in [0.29, 0.717) is 29.2 Å². The van der Waals surface area contributed by atoms with Crippen molar-refractivity contribution in [3.63, 3.8) is 0 Å². The molecule has 10 heteroatoms. The number of ether oxygens (including phenoxy) is 3.